The highest BCUT2D eigenvalue weighted by Crippen LogP contribution is 2.31. The molecule has 1 N–H and O–H groups in total. The number of nitrogens with zero attached hydrogens (tertiary/aromatic N) is 2. The molecular formula is C11H22N2O4S. The van der Waals surface area contributed by atoms with Crippen molar-refractivity contribution in [2.24, 2.45) is 5.41 Å². The molecule has 0 aromatic carbocycles. The third-order valence-electron chi connectivity index (χ3n) is 3.60. The minimum absolute atomic E-state index is 0.0434. The van der Waals surface area contributed by atoms with E-state index in [1.54, 1.807) is 20.8 Å². The first-order valence-corrected chi connectivity index (χ1v) is 7.47. The second-order valence-corrected chi connectivity index (χ2v) is 7.41. The summed E-state index contributed by atoms with van der Waals surface area (Å²) in [6.45, 7) is 5.62. The fourth-order valence-corrected chi connectivity index (χ4v) is 3.72. The average molecular weight is 278 g/mol. The standard InChI is InChI=1S/C11H22N2O4S/c1-9(2)12(4)18(16,17)13-7-5-6-11(3,8-13)10(14)15/h9H,5-8H2,1-4H3,(H,14,15). The average Bonchev–Trinajstić information content (AvgIpc) is 2.27. The van der Waals surface area contributed by atoms with Gasteiger partial charge in [0.25, 0.3) is 10.2 Å². The number of hydrogen-bond donors (Lipinski definition) is 1. The van der Waals surface area contributed by atoms with Crippen LogP contribution in [-0.2, 0) is 15.0 Å². The summed E-state index contributed by atoms with van der Waals surface area (Å²) in [5.41, 5.74) is -0.983. The van der Waals surface area contributed by atoms with Crippen molar-refractivity contribution < 1.29 is 18.3 Å². The van der Waals surface area contributed by atoms with Crippen molar-refractivity contribution in [3.05, 3.63) is 0 Å². The van der Waals surface area contributed by atoms with Gasteiger partial charge in [0.05, 0.1) is 5.41 Å². The molecule has 7 heteroatoms. The molecule has 1 unspecified atom stereocenters. The molecule has 1 saturated heterocycles. The van der Waals surface area contributed by atoms with Gasteiger partial charge in [-0.05, 0) is 33.6 Å². The number of aliphatic carboxylic acids is 1. The highest BCUT2D eigenvalue weighted by atomic mass is 32.2. The number of carboxylic acid groups (broad SMARTS) is 1. The van der Waals surface area contributed by atoms with E-state index in [0.29, 0.717) is 19.4 Å². The largest absolute Gasteiger partial charge is 0.481 e. The van der Waals surface area contributed by atoms with E-state index in [-0.39, 0.29) is 12.6 Å². The van der Waals surface area contributed by atoms with E-state index in [0.717, 1.165) is 0 Å². The first-order valence-electron chi connectivity index (χ1n) is 6.08. The third kappa shape index (κ3) is 2.84. The van der Waals surface area contributed by atoms with Gasteiger partial charge in [0, 0.05) is 26.2 Å². The lowest BCUT2D eigenvalue weighted by molar-refractivity contribution is -0.150. The van der Waals surface area contributed by atoms with Gasteiger partial charge in [-0.2, -0.15) is 17.0 Å². The summed E-state index contributed by atoms with van der Waals surface area (Å²) in [5.74, 6) is -0.936. The van der Waals surface area contributed by atoms with Gasteiger partial charge in [0.2, 0.25) is 0 Å². The number of carbonyl (C=O) groups is 1. The lowest BCUT2D eigenvalue weighted by atomic mass is 9.83. The van der Waals surface area contributed by atoms with E-state index >= 15 is 0 Å². The minimum Gasteiger partial charge on any atom is -0.481 e. The molecule has 106 valence electrons. The van der Waals surface area contributed by atoms with Crippen LogP contribution in [0, 0.1) is 5.41 Å². The van der Waals surface area contributed by atoms with Gasteiger partial charge in [-0.3, -0.25) is 4.79 Å². The molecule has 6 nitrogen and oxygen atoms in total. The Morgan fingerprint density at radius 3 is 2.44 bits per heavy atom. The summed E-state index contributed by atoms with van der Waals surface area (Å²) in [6.07, 6.45) is 1.09. The van der Waals surface area contributed by atoms with Gasteiger partial charge in [0.15, 0.2) is 0 Å². The molecule has 0 aliphatic carbocycles. The van der Waals surface area contributed by atoms with Crippen LogP contribution < -0.4 is 0 Å². The summed E-state index contributed by atoms with van der Waals surface area (Å²) in [6, 6.07) is -0.145. The van der Waals surface area contributed by atoms with Crippen LogP contribution in [0.5, 0.6) is 0 Å². The molecule has 0 bridgehead atoms. The molecule has 1 heterocycles. The van der Waals surface area contributed by atoms with Crippen molar-refractivity contribution in [3.8, 4) is 0 Å². The predicted octanol–water partition coefficient (Wildman–Crippen LogP) is 0.758. The van der Waals surface area contributed by atoms with Crippen LogP contribution in [0.3, 0.4) is 0 Å². The van der Waals surface area contributed by atoms with Crippen molar-refractivity contribution in [2.45, 2.75) is 39.7 Å². The Labute approximate surface area is 109 Å². The lowest BCUT2D eigenvalue weighted by Crippen LogP contribution is -2.53. The summed E-state index contributed by atoms with van der Waals surface area (Å²) in [4.78, 5) is 11.2. The Morgan fingerprint density at radius 2 is 2.00 bits per heavy atom. The summed E-state index contributed by atoms with van der Waals surface area (Å²) >= 11 is 0. The van der Waals surface area contributed by atoms with Crippen LogP contribution in [0.2, 0.25) is 0 Å². The normalized spacial score (nSPS) is 26.8. The zero-order chi connectivity index (χ0) is 14.1. The van der Waals surface area contributed by atoms with Crippen molar-refractivity contribution >= 4 is 16.2 Å². The van der Waals surface area contributed by atoms with Gasteiger partial charge in [-0.1, -0.05) is 0 Å². The first kappa shape index (κ1) is 15.4. The second-order valence-electron chi connectivity index (χ2n) is 5.42. The van der Waals surface area contributed by atoms with Crippen LogP contribution in [-0.4, -0.2) is 54.3 Å². The maximum Gasteiger partial charge on any atom is 0.310 e. The first-order chi connectivity index (χ1) is 8.11. The van der Waals surface area contributed by atoms with Gasteiger partial charge >= 0.3 is 5.97 Å². The van der Waals surface area contributed by atoms with Gasteiger partial charge < -0.3 is 5.11 Å². The van der Waals surface area contributed by atoms with Crippen LogP contribution in [0.25, 0.3) is 0 Å². The van der Waals surface area contributed by atoms with E-state index in [4.69, 9.17) is 0 Å². The lowest BCUT2D eigenvalue weighted by Gasteiger charge is -2.39. The van der Waals surface area contributed by atoms with E-state index in [1.165, 1.54) is 15.7 Å². The number of hydrogen-bond acceptors (Lipinski definition) is 3. The molecule has 0 saturated carbocycles. The Balaban J connectivity index is 2.94. The number of carboxylic acids is 1. The molecule has 1 rings (SSSR count). The molecule has 1 aliphatic heterocycles. The van der Waals surface area contributed by atoms with Gasteiger partial charge in [-0.25, -0.2) is 0 Å². The van der Waals surface area contributed by atoms with E-state index in [1.807, 2.05) is 0 Å². The highest BCUT2D eigenvalue weighted by Gasteiger charge is 2.42. The van der Waals surface area contributed by atoms with Crippen molar-refractivity contribution in [1.82, 2.24) is 8.61 Å². The summed E-state index contributed by atoms with van der Waals surface area (Å²) < 4.78 is 27.2. The quantitative estimate of drug-likeness (QED) is 0.823. The molecule has 1 atom stereocenters. The Hall–Kier alpha value is -0.660. The van der Waals surface area contributed by atoms with Crippen LogP contribution in [0.4, 0.5) is 0 Å². The molecule has 0 radical (unpaired) electrons. The SMILES string of the molecule is CC(C)N(C)S(=O)(=O)N1CCCC(C)(C(=O)O)C1. The van der Waals surface area contributed by atoms with Crippen molar-refractivity contribution in [1.29, 1.82) is 0 Å². The maximum absolute atomic E-state index is 12.3. The number of piperidine rings is 1. The smallest absolute Gasteiger partial charge is 0.310 e. The van der Waals surface area contributed by atoms with Gasteiger partial charge in [-0.15, -0.1) is 0 Å². The topological polar surface area (TPSA) is 77.9 Å². The fraction of sp³-hybridized carbons (Fsp3) is 0.909. The minimum atomic E-state index is -3.56. The Kier molecular flexibility index (Phi) is 4.40. The van der Waals surface area contributed by atoms with Crippen LogP contribution in [0.15, 0.2) is 0 Å². The highest BCUT2D eigenvalue weighted by molar-refractivity contribution is 7.86. The molecule has 18 heavy (non-hydrogen) atoms. The van der Waals surface area contributed by atoms with Crippen molar-refractivity contribution in [2.75, 3.05) is 20.1 Å². The van der Waals surface area contributed by atoms with Crippen LogP contribution >= 0.6 is 0 Å². The second kappa shape index (κ2) is 5.14. The molecule has 0 aromatic heterocycles. The molecule has 1 aliphatic rings. The third-order valence-corrected chi connectivity index (χ3v) is 5.71. The maximum atomic E-state index is 12.3. The molecule has 0 amide bonds. The molecular weight excluding hydrogens is 256 g/mol. The van der Waals surface area contributed by atoms with Crippen LogP contribution in [0.1, 0.15) is 33.6 Å². The summed E-state index contributed by atoms with van der Waals surface area (Å²) in [7, 11) is -2.04. The molecule has 0 spiro atoms. The zero-order valence-electron chi connectivity index (χ0n) is 11.4. The number of rotatable bonds is 4. The Bertz CT molecular complexity index is 421. The fourth-order valence-electron chi connectivity index (χ4n) is 2.01. The van der Waals surface area contributed by atoms with E-state index in [9.17, 15) is 18.3 Å². The zero-order valence-corrected chi connectivity index (χ0v) is 12.2. The van der Waals surface area contributed by atoms with Crippen molar-refractivity contribution in [3.63, 3.8) is 0 Å². The monoisotopic (exact) mass is 278 g/mol. The predicted molar refractivity (Wildman–Crippen MR) is 68.4 cm³/mol. The summed E-state index contributed by atoms with van der Waals surface area (Å²) in [5, 5.41) is 9.19. The molecule has 1 fully saturated rings. The molecule has 0 aromatic rings. The van der Waals surface area contributed by atoms with E-state index < -0.39 is 21.6 Å². The Morgan fingerprint density at radius 1 is 1.44 bits per heavy atom. The van der Waals surface area contributed by atoms with Gasteiger partial charge in [0.1, 0.15) is 0 Å². The van der Waals surface area contributed by atoms with E-state index in [2.05, 4.69) is 0 Å².